The van der Waals surface area contributed by atoms with Crippen LogP contribution in [0.2, 0.25) is 0 Å². The molecule has 0 radical (unpaired) electrons. The second-order valence-corrected chi connectivity index (χ2v) is 11.4. The summed E-state index contributed by atoms with van der Waals surface area (Å²) >= 11 is 0. The van der Waals surface area contributed by atoms with Crippen LogP contribution in [0.25, 0.3) is 28.0 Å². The summed E-state index contributed by atoms with van der Waals surface area (Å²) < 4.78 is 13.7. The number of fused-ring (bicyclic) bond motifs is 1. The van der Waals surface area contributed by atoms with Crippen LogP contribution in [0.1, 0.15) is 45.8 Å². The number of halogens is 1. The summed E-state index contributed by atoms with van der Waals surface area (Å²) in [6, 6.07) is 29.2. The van der Waals surface area contributed by atoms with Gasteiger partial charge < -0.3 is 10.3 Å². The van der Waals surface area contributed by atoms with Crippen LogP contribution in [0.4, 0.5) is 4.39 Å². The van der Waals surface area contributed by atoms with E-state index in [0.717, 1.165) is 53.9 Å². The molecule has 7 rings (SSSR count). The van der Waals surface area contributed by atoms with Crippen LogP contribution in [0.15, 0.2) is 116 Å². The zero-order valence-corrected chi connectivity index (χ0v) is 23.8. The lowest BCUT2D eigenvalue weighted by Crippen LogP contribution is -2.32. The first-order chi connectivity index (χ1) is 21.1. The lowest BCUT2D eigenvalue weighted by molar-refractivity contribution is 0.0951. The van der Waals surface area contributed by atoms with Gasteiger partial charge >= 0.3 is 0 Å². The van der Waals surface area contributed by atoms with Gasteiger partial charge in [-0.1, -0.05) is 48.5 Å². The summed E-state index contributed by atoms with van der Waals surface area (Å²) in [5.41, 5.74) is 9.74. The van der Waals surface area contributed by atoms with Crippen molar-refractivity contribution >= 4 is 11.5 Å². The molecule has 2 atom stereocenters. The summed E-state index contributed by atoms with van der Waals surface area (Å²) in [6.45, 7) is 2.53. The first kappa shape index (κ1) is 27.0. The summed E-state index contributed by atoms with van der Waals surface area (Å²) in [4.78, 5) is 23.0. The number of rotatable bonds is 7. The Labute approximate surface area is 251 Å². The SMILES string of the molecule is O=C(NCc1ccccc1)c1ccc([C@@H]2C[C@H]3C=C(c4c[nH]c(-c5ccc(F)cc5)c4-c4ccncc4)CCN3C2)cc1. The van der Waals surface area contributed by atoms with Gasteiger partial charge in [0.15, 0.2) is 0 Å². The average molecular weight is 569 g/mol. The monoisotopic (exact) mass is 568 g/mol. The van der Waals surface area contributed by atoms with Crippen molar-refractivity contribution in [2.75, 3.05) is 13.1 Å². The van der Waals surface area contributed by atoms with E-state index in [1.165, 1.54) is 28.8 Å². The second-order valence-electron chi connectivity index (χ2n) is 11.4. The predicted molar refractivity (Wildman–Crippen MR) is 169 cm³/mol. The average Bonchev–Trinajstić information content (AvgIpc) is 3.70. The molecule has 4 heterocycles. The Balaban J connectivity index is 1.09. The number of nitrogens with zero attached hydrogens (tertiary/aromatic N) is 2. The largest absolute Gasteiger partial charge is 0.360 e. The lowest BCUT2D eigenvalue weighted by atomic mass is 9.90. The van der Waals surface area contributed by atoms with Crippen LogP contribution in [-0.2, 0) is 6.54 Å². The van der Waals surface area contributed by atoms with E-state index in [9.17, 15) is 9.18 Å². The van der Waals surface area contributed by atoms with Gasteiger partial charge in [-0.05, 0) is 95.1 Å². The number of pyridine rings is 1. The second kappa shape index (κ2) is 11.8. The number of aromatic nitrogens is 2. The van der Waals surface area contributed by atoms with E-state index in [2.05, 4.69) is 44.6 Å². The Morgan fingerprint density at radius 2 is 1.70 bits per heavy atom. The number of nitrogens with one attached hydrogen (secondary N) is 2. The van der Waals surface area contributed by atoms with Gasteiger partial charge in [-0.15, -0.1) is 0 Å². The van der Waals surface area contributed by atoms with Crippen molar-refractivity contribution in [1.82, 2.24) is 20.2 Å². The molecule has 214 valence electrons. The molecule has 5 nitrogen and oxygen atoms in total. The van der Waals surface area contributed by atoms with Gasteiger partial charge in [-0.3, -0.25) is 14.7 Å². The molecular weight excluding hydrogens is 535 g/mol. The minimum absolute atomic E-state index is 0.0525. The molecule has 43 heavy (non-hydrogen) atoms. The number of carbonyl (C=O) groups is 1. The molecule has 0 aliphatic carbocycles. The van der Waals surface area contributed by atoms with E-state index in [1.54, 1.807) is 0 Å². The molecule has 6 heteroatoms. The third-order valence-corrected chi connectivity index (χ3v) is 8.78. The van der Waals surface area contributed by atoms with E-state index >= 15 is 0 Å². The van der Waals surface area contributed by atoms with Crippen molar-refractivity contribution < 1.29 is 9.18 Å². The molecule has 0 saturated carbocycles. The van der Waals surface area contributed by atoms with E-state index < -0.39 is 0 Å². The van der Waals surface area contributed by atoms with Crippen molar-refractivity contribution in [3.63, 3.8) is 0 Å². The third kappa shape index (κ3) is 5.66. The fraction of sp³-hybridized carbons (Fsp3) is 0.189. The Morgan fingerprint density at radius 1 is 0.930 bits per heavy atom. The highest BCUT2D eigenvalue weighted by atomic mass is 19.1. The van der Waals surface area contributed by atoms with E-state index in [-0.39, 0.29) is 11.7 Å². The molecule has 1 saturated heterocycles. The Morgan fingerprint density at radius 3 is 2.47 bits per heavy atom. The Kier molecular flexibility index (Phi) is 7.44. The molecule has 2 aliphatic rings. The number of H-pyrrole nitrogens is 1. The number of hydrogen-bond donors (Lipinski definition) is 2. The molecule has 0 bridgehead atoms. The maximum atomic E-state index is 13.7. The minimum atomic E-state index is -0.243. The first-order valence-electron chi connectivity index (χ1n) is 14.9. The Bertz CT molecular complexity index is 1740. The topological polar surface area (TPSA) is 61.0 Å². The lowest BCUT2D eigenvalue weighted by Gasteiger charge is -2.28. The molecular formula is C37H33FN4O. The number of hydrogen-bond acceptors (Lipinski definition) is 3. The Hall–Kier alpha value is -4.81. The number of amides is 1. The molecule has 2 N–H and O–H groups in total. The van der Waals surface area contributed by atoms with Crippen LogP contribution in [0.3, 0.4) is 0 Å². The first-order valence-corrected chi connectivity index (χ1v) is 14.9. The van der Waals surface area contributed by atoms with Crippen molar-refractivity contribution in [3.8, 4) is 22.4 Å². The van der Waals surface area contributed by atoms with Crippen molar-refractivity contribution in [1.29, 1.82) is 0 Å². The highest BCUT2D eigenvalue weighted by molar-refractivity contribution is 5.94. The highest BCUT2D eigenvalue weighted by Crippen LogP contribution is 2.42. The zero-order valence-electron chi connectivity index (χ0n) is 23.8. The number of benzene rings is 3. The van der Waals surface area contributed by atoms with Gasteiger partial charge in [-0.2, -0.15) is 0 Å². The predicted octanol–water partition coefficient (Wildman–Crippen LogP) is 7.46. The molecule has 5 aromatic rings. The maximum Gasteiger partial charge on any atom is 0.251 e. The quantitative estimate of drug-likeness (QED) is 0.214. The van der Waals surface area contributed by atoms with E-state index in [4.69, 9.17) is 0 Å². The molecule has 0 spiro atoms. The third-order valence-electron chi connectivity index (χ3n) is 8.78. The summed E-state index contributed by atoms with van der Waals surface area (Å²) in [6.07, 6.45) is 10.2. The van der Waals surface area contributed by atoms with Gasteiger partial charge in [0.1, 0.15) is 5.82 Å². The molecule has 3 aromatic carbocycles. The van der Waals surface area contributed by atoms with E-state index in [0.29, 0.717) is 24.1 Å². The van der Waals surface area contributed by atoms with Crippen LogP contribution >= 0.6 is 0 Å². The van der Waals surface area contributed by atoms with E-state index in [1.807, 2.05) is 79.1 Å². The summed E-state index contributed by atoms with van der Waals surface area (Å²) in [5.74, 6) is 0.124. The maximum absolute atomic E-state index is 13.7. The standard InChI is InChI=1S/C37H33FN4O/c38-32-12-10-28(11-13-32)36-35(27-14-17-39-18-15-27)34(23-40-36)30-16-19-42-24-31(21-33(42)20-30)26-6-8-29(9-7-26)37(43)41-22-25-4-2-1-3-5-25/h1-15,17-18,20,23,31,33,40H,16,19,21-22,24H2,(H,41,43)/t31-,33-/m1/s1. The highest BCUT2D eigenvalue weighted by Gasteiger charge is 2.35. The summed E-state index contributed by atoms with van der Waals surface area (Å²) in [5, 5.41) is 3.02. The fourth-order valence-corrected chi connectivity index (χ4v) is 6.54. The molecule has 2 aliphatic heterocycles. The van der Waals surface area contributed by atoms with Gasteiger partial charge in [0.05, 0.1) is 5.69 Å². The van der Waals surface area contributed by atoms with Gasteiger partial charge in [0, 0.05) is 61.0 Å². The molecule has 0 unspecified atom stereocenters. The molecule has 1 amide bonds. The van der Waals surface area contributed by atoms with Crippen molar-refractivity contribution in [2.45, 2.75) is 31.3 Å². The van der Waals surface area contributed by atoms with Crippen molar-refractivity contribution in [3.05, 3.63) is 144 Å². The zero-order chi connectivity index (χ0) is 29.2. The van der Waals surface area contributed by atoms with Crippen LogP contribution in [-0.4, -0.2) is 39.9 Å². The molecule has 1 fully saturated rings. The fourth-order valence-electron chi connectivity index (χ4n) is 6.54. The number of carbonyl (C=O) groups excluding carboxylic acids is 1. The van der Waals surface area contributed by atoms with Crippen LogP contribution in [0.5, 0.6) is 0 Å². The van der Waals surface area contributed by atoms with Gasteiger partial charge in [0.2, 0.25) is 0 Å². The van der Waals surface area contributed by atoms with Crippen molar-refractivity contribution in [2.24, 2.45) is 0 Å². The van der Waals surface area contributed by atoms with Crippen LogP contribution in [0, 0.1) is 5.82 Å². The number of aromatic amines is 1. The smallest absolute Gasteiger partial charge is 0.251 e. The minimum Gasteiger partial charge on any atom is -0.360 e. The molecule has 2 aromatic heterocycles. The van der Waals surface area contributed by atoms with Gasteiger partial charge in [0.25, 0.3) is 5.91 Å². The van der Waals surface area contributed by atoms with Gasteiger partial charge in [-0.25, -0.2) is 4.39 Å². The van der Waals surface area contributed by atoms with Crippen LogP contribution < -0.4 is 5.32 Å². The normalized spacial score (nSPS) is 18.2. The summed E-state index contributed by atoms with van der Waals surface area (Å²) in [7, 11) is 0.